The smallest absolute Gasteiger partial charge is 0.335 e. The number of fused-ring (bicyclic) bond motifs is 1. The maximum atomic E-state index is 12.8. The molecule has 0 aliphatic carbocycles. The summed E-state index contributed by atoms with van der Waals surface area (Å²) < 4.78 is 17.2. The Hall–Kier alpha value is -2.34. The molecule has 4 amide bonds. The van der Waals surface area contributed by atoms with E-state index in [2.05, 4.69) is 21.2 Å². The van der Waals surface area contributed by atoms with Gasteiger partial charge in [0.15, 0.2) is 15.3 Å². The minimum atomic E-state index is -0.841. The van der Waals surface area contributed by atoms with Gasteiger partial charge in [0, 0.05) is 28.7 Å². The van der Waals surface area contributed by atoms with Crippen molar-refractivity contribution in [1.82, 2.24) is 5.32 Å². The number of carbonyl (C=O) groups excluding carboxylic acids is 3. The first-order chi connectivity index (χ1) is 12.4. The highest BCUT2D eigenvalue weighted by Crippen LogP contribution is 2.36. The Morgan fingerprint density at radius 3 is 2.65 bits per heavy atom. The first kappa shape index (κ1) is 17.1. The number of urea groups is 1. The molecular formula is C16H8BrIN2O6. The number of anilines is 1. The van der Waals surface area contributed by atoms with E-state index in [4.69, 9.17) is 13.9 Å². The number of imide groups is 2. The van der Waals surface area contributed by atoms with E-state index < -0.39 is 17.8 Å². The number of nitrogens with zero attached hydrogens (tertiary/aromatic N) is 1. The van der Waals surface area contributed by atoms with Crippen molar-refractivity contribution in [3.63, 3.8) is 0 Å². The van der Waals surface area contributed by atoms with Gasteiger partial charge in [0.1, 0.15) is 11.3 Å². The summed E-state index contributed by atoms with van der Waals surface area (Å²) in [7, 11) is 0. The Balaban J connectivity index is 1.73. The summed E-state index contributed by atoms with van der Waals surface area (Å²) in [5.41, 5.74) is 0.0327. The number of halogens is 2. The van der Waals surface area contributed by atoms with E-state index >= 15 is 0 Å². The second kappa shape index (κ2) is 6.43. The second-order valence-corrected chi connectivity index (χ2v) is 7.10. The summed E-state index contributed by atoms with van der Waals surface area (Å²) in [4.78, 5) is 38.0. The summed E-state index contributed by atoms with van der Waals surface area (Å²) in [6.07, 6.45) is 1.29. The number of barbiturate groups is 1. The van der Waals surface area contributed by atoms with Crippen LogP contribution >= 0.6 is 38.5 Å². The average Bonchev–Trinajstić information content (AvgIpc) is 3.17. The molecular weight excluding hydrogens is 523 g/mol. The second-order valence-electron chi connectivity index (χ2n) is 5.27. The molecule has 1 saturated heterocycles. The Bertz CT molecular complexity index is 979. The molecule has 8 nitrogen and oxygen atoms in total. The van der Waals surface area contributed by atoms with E-state index in [0.717, 1.165) is 4.90 Å². The van der Waals surface area contributed by atoms with Crippen LogP contribution in [-0.4, -0.2) is 24.6 Å². The summed E-state index contributed by atoms with van der Waals surface area (Å²) in [6.45, 7) is 0.0641. The highest BCUT2D eigenvalue weighted by molar-refractivity contribution is 14.1. The topological polar surface area (TPSA) is 98.1 Å². The predicted octanol–water partition coefficient (Wildman–Crippen LogP) is 3.04. The first-order valence-electron chi connectivity index (χ1n) is 7.20. The lowest BCUT2D eigenvalue weighted by Crippen LogP contribution is -2.54. The van der Waals surface area contributed by atoms with Gasteiger partial charge in [-0.15, -0.1) is 0 Å². The highest BCUT2D eigenvalue weighted by atomic mass is 127. The minimum Gasteiger partial charge on any atom is -0.454 e. The Morgan fingerprint density at radius 1 is 1.15 bits per heavy atom. The Labute approximate surface area is 168 Å². The monoisotopic (exact) mass is 530 g/mol. The van der Waals surface area contributed by atoms with Gasteiger partial charge in [0.2, 0.25) is 6.79 Å². The first-order valence-corrected chi connectivity index (χ1v) is 9.07. The lowest BCUT2D eigenvalue weighted by Gasteiger charge is -2.26. The van der Waals surface area contributed by atoms with Gasteiger partial charge in [-0.1, -0.05) is 0 Å². The van der Waals surface area contributed by atoms with Crippen LogP contribution in [0.25, 0.3) is 6.08 Å². The van der Waals surface area contributed by atoms with Gasteiger partial charge in [0.05, 0.1) is 10.2 Å². The van der Waals surface area contributed by atoms with Crippen LogP contribution in [0.15, 0.2) is 38.7 Å². The molecule has 0 bridgehead atoms. The molecule has 2 aliphatic heterocycles. The zero-order valence-electron chi connectivity index (χ0n) is 12.7. The van der Waals surface area contributed by atoms with Gasteiger partial charge in [-0.2, -0.15) is 0 Å². The molecule has 0 atom stereocenters. The summed E-state index contributed by atoms with van der Waals surface area (Å²) in [5, 5.41) is 2.15. The molecule has 2 aliphatic rings. The molecule has 3 heterocycles. The number of benzene rings is 1. The summed E-state index contributed by atoms with van der Waals surface area (Å²) in [6, 6.07) is 5.40. The van der Waals surface area contributed by atoms with Crippen molar-refractivity contribution in [2.24, 2.45) is 0 Å². The number of nitrogens with one attached hydrogen (secondary N) is 1. The average molecular weight is 531 g/mol. The van der Waals surface area contributed by atoms with Crippen LogP contribution in [0.5, 0.6) is 11.5 Å². The number of carbonyl (C=O) groups is 3. The number of rotatable bonds is 2. The standard InChI is InChI=1S/C16H8BrIN2O6/c17-10-5-8(26-13(10)18)4-9-14(21)19-16(23)20(15(9)22)7-1-2-11-12(3-7)25-6-24-11/h1-5H,6H2,(H,19,21,23)/b9-4+. The van der Waals surface area contributed by atoms with Crippen molar-refractivity contribution in [1.29, 1.82) is 0 Å². The molecule has 26 heavy (non-hydrogen) atoms. The number of hydrogen-bond donors (Lipinski definition) is 1. The van der Waals surface area contributed by atoms with Crippen LogP contribution in [0.1, 0.15) is 5.76 Å². The number of hydrogen-bond acceptors (Lipinski definition) is 6. The molecule has 0 saturated carbocycles. The predicted molar refractivity (Wildman–Crippen MR) is 101 cm³/mol. The SMILES string of the molecule is O=C1NC(=O)N(c2ccc3c(c2)OCO3)C(=O)/C1=C/c1cc(Br)c(I)o1. The number of furan rings is 1. The third-order valence-corrected chi connectivity index (χ3v) is 5.80. The van der Waals surface area contributed by atoms with Gasteiger partial charge in [0.25, 0.3) is 11.8 Å². The van der Waals surface area contributed by atoms with Gasteiger partial charge in [-0.25, -0.2) is 9.69 Å². The van der Waals surface area contributed by atoms with E-state index in [1.165, 1.54) is 18.2 Å². The number of amides is 4. The van der Waals surface area contributed by atoms with E-state index in [1.54, 1.807) is 12.1 Å². The zero-order valence-corrected chi connectivity index (χ0v) is 16.5. The molecule has 10 heteroatoms. The van der Waals surface area contributed by atoms with Gasteiger partial charge >= 0.3 is 6.03 Å². The van der Waals surface area contributed by atoms with Crippen molar-refractivity contribution >= 4 is 68.1 Å². The normalized spacial score (nSPS) is 17.8. The van der Waals surface area contributed by atoms with Gasteiger partial charge < -0.3 is 13.9 Å². The maximum absolute atomic E-state index is 12.8. The van der Waals surface area contributed by atoms with E-state index in [-0.39, 0.29) is 18.1 Å². The molecule has 1 aromatic heterocycles. The van der Waals surface area contributed by atoms with E-state index in [9.17, 15) is 14.4 Å². The molecule has 1 aromatic carbocycles. The Morgan fingerprint density at radius 2 is 1.92 bits per heavy atom. The van der Waals surface area contributed by atoms with Crippen LogP contribution in [-0.2, 0) is 9.59 Å². The zero-order chi connectivity index (χ0) is 18.4. The third-order valence-electron chi connectivity index (χ3n) is 3.67. The van der Waals surface area contributed by atoms with Crippen molar-refractivity contribution in [2.75, 3.05) is 11.7 Å². The molecule has 4 rings (SSSR count). The fourth-order valence-electron chi connectivity index (χ4n) is 2.49. The van der Waals surface area contributed by atoms with E-state index in [0.29, 0.717) is 25.5 Å². The molecule has 0 spiro atoms. The van der Waals surface area contributed by atoms with Crippen LogP contribution in [0.2, 0.25) is 0 Å². The van der Waals surface area contributed by atoms with Crippen molar-refractivity contribution in [3.05, 3.63) is 43.8 Å². The minimum absolute atomic E-state index is 0.0641. The van der Waals surface area contributed by atoms with Crippen molar-refractivity contribution in [2.45, 2.75) is 0 Å². The van der Waals surface area contributed by atoms with Crippen molar-refractivity contribution in [3.8, 4) is 11.5 Å². The maximum Gasteiger partial charge on any atom is 0.335 e. The quantitative estimate of drug-likeness (QED) is 0.364. The third kappa shape index (κ3) is 2.88. The molecule has 0 radical (unpaired) electrons. The lowest BCUT2D eigenvalue weighted by molar-refractivity contribution is -0.122. The van der Waals surface area contributed by atoms with Gasteiger partial charge in [-0.05, 0) is 40.2 Å². The summed E-state index contributed by atoms with van der Waals surface area (Å²) in [5.74, 6) is -0.324. The van der Waals surface area contributed by atoms with Crippen LogP contribution in [0, 0.1) is 3.77 Å². The van der Waals surface area contributed by atoms with Crippen molar-refractivity contribution < 1.29 is 28.3 Å². The lowest BCUT2D eigenvalue weighted by atomic mass is 10.1. The fraction of sp³-hybridized carbons (Fsp3) is 0.0625. The van der Waals surface area contributed by atoms with Crippen LogP contribution < -0.4 is 19.7 Å². The molecule has 132 valence electrons. The fourth-order valence-corrected chi connectivity index (χ4v) is 3.21. The Kier molecular flexibility index (Phi) is 4.23. The van der Waals surface area contributed by atoms with Crippen LogP contribution in [0.3, 0.4) is 0 Å². The molecule has 1 N–H and O–H groups in total. The van der Waals surface area contributed by atoms with Gasteiger partial charge in [-0.3, -0.25) is 14.9 Å². The molecule has 0 unspecified atom stereocenters. The summed E-state index contributed by atoms with van der Waals surface area (Å²) >= 11 is 5.26. The van der Waals surface area contributed by atoms with Crippen LogP contribution in [0.4, 0.5) is 10.5 Å². The van der Waals surface area contributed by atoms with E-state index in [1.807, 2.05) is 22.6 Å². The largest absolute Gasteiger partial charge is 0.454 e. The molecule has 1 fully saturated rings. The molecule has 2 aromatic rings. The highest BCUT2D eigenvalue weighted by Gasteiger charge is 2.37. The number of ether oxygens (including phenoxy) is 2.